The van der Waals surface area contributed by atoms with E-state index in [0.29, 0.717) is 36.9 Å². The van der Waals surface area contributed by atoms with Crippen LogP contribution in [0, 0.1) is 34.5 Å². The molecule has 0 unspecified atom stereocenters. The molecule has 0 aromatic carbocycles. The summed E-state index contributed by atoms with van der Waals surface area (Å²) in [5, 5.41) is 14.6. The zero-order valence-electron chi connectivity index (χ0n) is 17.5. The zero-order chi connectivity index (χ0) is 20.3. The Hall–Kier alpha value is -0.890. The topological polar surface area (TPSA) is 106 Å². The largest absolute Gasteiger partial charge is 0.393 e. The van der Waals surface area contributed by atoms with Crippen molar-refractivity contribution in [2.45, 2.75) is 83.1 Å². The van der Waals surface area contributed by atoms with Crippen LogP contribution in [0.1, 0.15) is 65.2 Å². The summed E-state index contributed by atoms with van der Waals surface area (Å²) in [6.07, 6.45) is 7.26. The van der Waals surface area contributed by atoms with Crippen molar-refractivity contribution >= 4 is 0 Å². The molecule has 0 aromatic heterocycles. The number of aliphatic hydroxyl groups excluding tert-OH is 1. The van der Waals surface area contributed by atoms with Gasteiger partial charge in [0.15, 0.2) is 0 Å². The highest BCUT2D eigenvalue weighted by Crippen LogP contribution is 2.69. The molecule has 8 heteroatoms. The molecule has 1 saturated heterocycles. The van der Waals surface area contributed by atoms with Crippen LogP contribution in [0.2, 0.25) is 0 Å². The van der Waals surface area contributed by atoms with Crippen molar-refractivity contribution in [2.75, 3.05) is 13.2 Å². The Bertz CT molecular complexity index is 692. The average Bonchev–Trinajstić information content (AvgIpc) is 2.83. The van der Waals surface area contributed by atoms with E-state index in [-0.39, 0.29) is 16.9 Å². The normalized spacial score (nSPS) is 51.3. The lowest BCUT2D eigenvalue weighted by Crippen LogP contribution is -2.59. The minimum absolute atomic E-state index is 0.0963. The highest BCUT2D eigenvalue weighted by Gasteiger charge is 2.68. The summed E-state index contributed by atoms with van der Waals surface area (Å²) in [4.78, 5) is 25.5. The Morgan fingerprint density at radius 1 is 1.00 bits per heavy atom. The lowest BCUT2D eigenvalue weighted by Gasteiger charge is -2.61. The number of hydrogen-bond donors (Lipinski definition) is 1. The quantitative estimate of drug-likeness (QED) is 0.302. The van der Waals surface area contributed by atoms with Crippen molar-refractivity contribution in [3.8, 4) is 0 Å². The van der Waals surface area contributed by atoms with Gasteiger partial charge in [0.25, 0.3) is 0 Å². The molecule has 0 bridgehead atoms. The fourth-order valence-corrected chi connectivity index (χ4v) is 8.05. The second-order valence-corrected chi connectivity index (χ2v) is 10.5. The van der Waals surface area contributed by atoms with Gasteiger partial charge in [0.05, 0.1) is 12.1 Å². The maximum atomic E-state index is 10.7. The smallest absolute Gasteiger partial charge is 0.239 e. The minimum atomic E-state index is -0.810. The van der Waals surface area contributed by atoms with Crippen molar-refractivity contribution in [1.82, 2.24) is 0 Å². The lowest BCUT2D eigenvalue weighted by atomic mass is 9.44. The third-order valence-electron chi connectivity index (χ3n) is 9.57. The van der Waals surface area contributed by atoms with Gasteiger partial charge in [-0.15, -0.1) is 0 Å². The van der Waals surface area contributed by atoms with E-state index in [9.17, 15) is 5.11 Å². The van der Waals surface area contributed by atoms with Gasteiger partial charge in [0.2, 0.25) is 5.79 Å². The fourth-order valence-electron chi connectivity index (χ4n) is 8.05. The SMILES string of the molecule is C[C@]12C[C@H](O)[C@H](N=[N+]=[N-])C[C@@H]1CC[C@@H]1[C@@H]2CC[C@@]2(C)[C@H]1CCC21OOCCOO1. The molecule has 8 nitrogen and oxygen atoms in total. The Morgan fingerprint density at radius 2 is 1.72 bits per heavy atom. The Balaban J connectivity index is 1.41. The molecule has 0 radical (unpaired) electrons. The molecule has 1 spiro atoms. The van der Waals surface area contributed by atoms with E-state index in [1.165, 1.54) is 6.42 Å². The molecule has 4 aliphatic carbocycles. The van der Waals surface area contributed by atoms with Gasteiger partial charge in [-0.1, -0.05) is 19.0 Å². The van der Waals surface area contributed by atoms with E-state index in [4.69, 9.17) is 25.1 Å². The molecule has 5 aliphatic rings. The van der Waals surface area contributed by atoms with Crippen LogP contribution in [0.25, 0.3) is 10.4 Å². The molecule has 1 aliphatic heterocycles. The van der Waals surface area contributed by atoms with E-state index in [1.807, 2.05) is 0 Å². The second kappa shape index (κ2) is 7.08. The predicted octanol–water partition coefficient (Wildman–Crippen LogP) is 4.29. The average molecular weight is 408 g/mol. The number of rotatable bonds is 1. The molecule has 4 saturated carbocycles. The van der Waals surface area contributed by atoms with Crippen LogP contribution in [0.4, 0.5) is 0 Å². The molecular weight excluding hydrogens is 374 g/mol. The van der Waals surface area contributed by atoms with Crippen LogP contribution >= 0.6 is 0 Å². The van der Waals surface area contributed by atoms with Crippen molar-refractivity contribution < 1.29 is 24.7 Å². The number of nitrogens with zero attached hydrogens (tertiary/aromatic N) is 3. The minimum Gasteiger partial charge on any atom is -0.393 e. The molecule has 8 atom stereocenters. The molecule has 1 heterocycles. The highest BCUT2D eigenvalue weighted by atomic mass is 17.3. The Labute approximate surface area is 171 Å². The van der Waals surface area contributed by atoms with Gasteiger partial charge >= 0.3 is 0 Å². The van der Waals surface area contributed by atoms with Gasteiger partial charge in [-0.3, -0.25) is 0 Å². The predicted molar refractivity (Wildman–Crippen MR) is 103 cm³/mol. The number of aliphatic hydroxyl groups is 1. The van der Waals surface area contributed by atoms with Crippen LogP contribution in [0.15, 0.2) is 5.11 Å². The van der Waals surface area contributed by atoms with Crippen molar-refractivity contribution in [3.05, 3.63) is 10.4 Å². The Morgan fingerprint density at radius 3 is 2.45 bits per heavy atom. The standard InChI is InChI=1S/C21H33N3O5/c1-19-12-18(25)17(23-24-22)11-13(19)3-4-14-15(19)5-7-20(2)16(14)6-8-21(20)28-26-9-10-27-29-21/h13-18,25H,3-12H2,1-2H3/t13-,14+,15-,16-,17+,18-,19-,20-/m0/s1. The summed E-state index contributed by atoms with van der Waals surface area (Å²) < 4.78 is 0. The van der Waals surface area contributed by atoms with E-state index >= 15 is 0 Å². The second-order valence-electron chi connectivity index (χ2n) is 10.5. The summed E-state index contributed by atoms with van der Waals surface area (Å²) in [5.74, 6) is 1.36. The van der Waals surface area contributed by atoms with Gasteiger partial charge < -0.3 is 5.11 Å². The van der Waals surface area contributed by atoms with Gasteiger partial charge in [-0.2, -0.15) is 9.78 Å². The first kappa shape index (κ1) is 20.0. The third-order valence-corrected chi connectivity index (χ3v) is 9.57. The van der Waals surface area contributed by atoms with Crippen LogP contribution in [0.3, 0.4) is 0 Å². The first-order valence-electron chi connectivity index (χ1n) is 11.3. The number of fused-ring (bicyclic) bond motifs is 6. The number of azide groups is 1. The first-order chi connectivity index (χ1) is 13.9. The van der Waals surface area contributed by atoms with Crippen molar-refractivity contribution in [1.29, 1.82) is 0 Å². The van der Waals surface area contributed by atoms with E-state index in [2.05, 4.69) is 23.9 Å². The third kappa shape index (κ3) is 2.80. The van der Waals surface area contributed by atoms with Gasteiger partial charge in [-0.05, 0) is 79.6 Å². The molecule has 162 valence electrons. The van der Waals surface area contributed by atoms with E-state index in [1.54, 1.807) is 0 Å². The van der Waals surface area contributed by atoms with Crippen molar-refractivity contribution in [3.63, 3.8) is 0 Å². The number of hydrogen-bond acceptors (Lipinski definition) is 6. The molecule has 5 rings (SSSR count). The summed E-state index contributed by atoms with van der Waals surface area (Å²) in [5.41, 5.74) is 8.82. The van der Waals surface area contributed by atoms with Crippen LogP contribution in [-0.4, -0.2) is 36.3 Å². The maximum Gasteiger partial charge on any atom is 0.239 e. The summed E-state index contributed by atoms with van der Waals surface area (Å²) in [6, 6.07) is -0.277. The highest BCUT2D eigenvalue weighted by molar-refractivity contribution is 5.13. The van der Waals surface area contributed by atoms with E-state index in [0.717, 1.165) is 44.9 Å². The molecule has 29 heavy (non-hydrogen) atoms. The van der Waals surface area contributed by atoms with Gasteiger partial charge in [-0.25, -0.2) is 9.78 Å². The monoisotopic (exact) mass is 407 g/mol. The van der Waals surface area contributed by atoms with E-state index < -0.39 is 11.9 Å². The van der Waals surface area contributed by atoms with Crippen LogP contribution in [-0.2, 0) is 19.6 Å². The zero-order valence-corrected chi connectivity index (χ0v) is 17.5. The molecular formula is C21H33N3O5. The maximum absolute atomic E-state index is 10.7. The van der Waals surface area contributed by atoms with Crippen LogP contribution in [0.5, 0.6) is 0 Å². The molecule has 1 N–H and O–H groups in total. The Kier molecular flexibility index (Phi) is 4.89. The first-order valence-corrected chi connectivity index (χ1v) is 11.3. The fraction of sp³-hybridized carbons (Fsp3) is 1.00. The molecule has 0 aromatic rings. The van der Waals surface area contributed by atoms with Gasteiger partial charge in [0, 0.05) is 16.7 Å². The summed E-state index contributed by atoms with van der Waals surface area (Å²) in [7, 11) is 0. The molecule has 0 amide bonds. The lowest BCUT2D eigenvalue weighted by molar-refractivity contribution is -0.505. The van der Waals surface area contributed by atoms with Crippen LogP contribution < -0.4 is 0 Å². The summed E-state index contributed by atoms with van der Waals surface area (Å²) in [6.45, 7) is 5.44. The summed E-state index contributed by atoms with van der Waals surface area (Å²) >= 11 is 0. The van der Waals surface area contributed by atoms with Crippen molar-refractivity contribution in [2.24, 2.45) is 39.6 Å². The molecule has 5 fully saturated rings. The van der Waals surface area contributed by atoms with Gasteiger partial charge in [0.1, 0.15) is 13.2 Å².